The topological polar surface area (TPSA) is 69.4 Å². The number of carbonyl (C=O) groups excluding carboxylic acids is 2. The van der Waals surface area contributed by atoms with E-state index in [0.29, 0.717) is 36.7 Å². The number of benzene rings is 2. The van der Waals surface area contributed by atoms with Gasteiger partial charge in [0.1, 0.15) is 11.9 Å². The molecule has 4 rings (SSSR count). The van der Waals surface area contributed by atoms with Crippen molar-refractivity contribution in [3.8, 4) is 5.75 Å². The fourth-order valence-corrected chi connectivity index (χ4v) is 5.45. The molecular weight excluding hydrogens is 500 g/mol. The van der Waals surface area contributed by atoms with Crippen LogP contribution in [0.25, 0.3) is 4.85 Å². The SMILES string of the molecule is [C-]#[N+]c1ccc(CC(=O)OCC)c(OC2CC3(CCN(C(=O)OC)CC3)c3ccc(Br)cc32)c1. The number of rotatable bonds is 5. The summed E-state index contributed by atoms with van der Waals surface area (Å²) in [4.78, 5) is 29.5. The molecule has 178 valence electrons. The highest BCUT2D eigenvalue weighted by atomic mass is 79.9. The van der Waals surface area contributed by atoms with Crippen LogP contribution in [0.5, 0.6) is 5.75 Å². The summed E-state index contributed by atoms with van der Waals surface area (Å²) in [6.07, 6.45) is 1.94. The van der Waals surface area contributed by atoms with E-state index in [-0.39, 0.29) is 30.0 Å². The number of hydrogen-bond donors (Lipinski definition) is 0. The Morgan fingerprint density at radius 2 is 1.97 bits per heavy atom. The molecule has 34 heavy (non-hydrogen) atoms. The number of esters is 1. The normalized spacial score (nSPS) is 18.2. The summed E-state index contributed by atoms with van der Waals surface area (Å²) in [6.45, 7) is 10.7. The fraction of sp³-hybridized carbons (Fsp3) is 0.423. The maximum Gasteiger partial charge on any atom is 0.409 e. The molecule has 2 aromatic rings. The van der Waals surface area contributed by atoms with Crippen molar-refractivity contribution in [2.24, 2.45) is 0 Å². The van der Waals surface area contributed by atoms with Crippen molar-refractivity contribution >= 4 is 33.7 Å². The third kappa shape index (κ3) is 4.76. The van der Waals surface area contributed by atoms with Gasteiger partial charge in [0, 0.05) is 28.5 Å². The predicted octanol–water partition coefficient (Wildman–Crippen LogP) is 5.73. The zero-order chi connectivity index (χ0) is 24.3. The third-order valence-electron chi connectivity index (χ3n) is 6.75. The number of methoxy groups -OCH3 is 1. The van der Waals surface area contributed by atoms with E-state index in [1.54, 1.807) is 30.0 Å². The number of carbonyl (C=O) groups is 2. The molecule has 1 unspecified atom stereocenters. The zero-order valence-corrected chi connectivity index (χ0v) is 20.9. The Hall–Kier alpha value is -3.05. The maximum absolute atomic E-state index is 12.2. The maximum atomic E-state index is 12.2. The van der Waals surface area contributed by atoms with Gasteiger partial charge in [-0.25, -0.2) is 9.64 Å². The standard InChI is InChI=1S/C26H27BrN2O5/c1-4-33-24(30)13-17-5-7-19(28-2)15-22(17)34-23-16-26(21-8-6-18(27)14-20(21)23)9-11-29(12-10-26)25(31)32-3/h5-8,14-15,23H,4,9-13,16H2,1,3H3. The van der Waals surface area contributed by atoms with Gasteiger partial charge >= 0.3 is 12.1 Å². The van der Waals surface area contributed by atoms with Gasteiger partial charge in [-0.2, -0.15) is 0 Å². The van der Waals surface area contributed by atoms with Gasteiger partial charge in [-0.1, -0.05) is 34.1 Å². The minimum Gasteiger partial charge on any atom is -0.487 e. The fourth-order valence-electron chi connectivity index (χ4n) is 5.07. The Morgan fingerprint density at radius 1 is 1.21 bits per heavy atom. The Bertz CT molecular complexity index is 1130. The van der Waals surface area contributed by atoms with Crippen LogP contribution < -0.4 is 4.74 Å². The summed E-state index contributed by atoms with van der Waals surface area (Å²) in [5, 5.41) is 0. The van der Waals surface area contributed by atoms with E-state index in [0.717, 1.165) is 29.3 Å². The first-order valence-electron chi connectivity index (χ1n) is 11.3. The quantitative estimate of drug-likeness (QED) is 0.367. The Balaban J connectivity index is 1.64. The van der Waals surface area contributed by atoms with Crippen molar-refractivity contribution < 1.29 is 23.8 Å². The lowest BCUT2D eigenvalue weighted by Gasteiger charge is -2.39. The highest BCUT2D eigenvalue weighted by Gasteiger charge is 2.47. The Kier molecular flexibility index (Phi) is 7.13. The van der Waals surface area contributed by atoms with E-state index in [1.165, 1.54) is 12.7 Å². The van der Waals surface area contributed by atoms with Crippen LogP contribution in [-0.4, -0.2) is 43.8 Å². The van der Waals surface area contributed by atoms with Gasteiger partial charge in [-0.3, -0.25) is 4.79 Å². The Morgan fingerprint density at radius 3 is 2.65 bits per heavy atom. The number of halogens is 1. The number of hydrogen-bond acceptors (Lipinski definition) is 5. The molecule has 1 atom stereocenters. The van der Waals surface area contributed by atoms with Crippen molar-refractivity contribution in [1.29, 1.82) is 0 Å². The van der Waals surface area contributed by atoms with Gasteiger partial charge in [0.05, 0.1) is 26.7 Å². The van der Waals surface area contributed by atoms with Crippen molar-refractivity contribution in [2.75, 3.05) is 26.8 Å². The number of fused-ring (bicyclic) bond motifs is 2. The monoisotopic (exact) mass is 526 g/mol. The molecule has 0 radical (unpaired) electrons. The van der Waals surface area contributed by atoms with Crippen molar-refractivity contribution in [2.45, 2.75) is 44.1 Å². The molecule has 1 fully saturated rings. The summed E-state index contributed by atoms with van der Waals surface area (Å²) < 4.78 is 17.5. The molecule has 1 saturated heterocycles. The molecule has 1 amide bonds. The lowest BCUT2D eigenvalue weighted by atomic mass is 9.74. The van der Waals surface area contributed by atoms with Crippen LogP contribution in [0.3, 0.4) is 0 Å². The lowest BCUT2D eigenvalue weighted by molar-refractivity contribution is -0.142. The van der Waals surface area contributed by atoms with Gasteiger partial charge in [0.2, 0.25) is 0 Å². The number of ether oxygens (including phenoxy) is 3. The molecule has 1 spiro atoms. The van der Waals surface area contributed by atoms with E-state index >= 15 is 0 Å². The van der Waals surface area contributed by atoms with Gasteiger partial charge in [-0.05, 0) is 55.5 Å². The van der Waals surface area contributed by atoms with Crippen LogP contribution in [0.15, 0.2) is 40.9 Å². The van der Waals surface area contributed by atoms with Gasteiger partial charge in [0.15, 0.2) is 5.69 Å². The summed E-state index contributed by atoms with van der Waals surface area (Å²) in [5.74, 6) is 0.200. The van der Waals surface area contributed by atoms with Crippen LogP contribution >= 0.6 is 15.9 Å². The van der Waals surface area contributed by atoms with E-state index in [9.17, 15) is 9.59 Å². The average molecular weight is 527 g/mol. The van der Waals surface area contributed by atoms with Crippen molar-refractivity contribution in [3.05, 3.63) is 69.0 Å². The smallest absolute Gasteiger partial charge is 0.409 e. The second kappa shape index (κ2) is 10.1. The van der Waals surface area contributed by atoms with Crippen molar-refractivity contribution in [1.82, 2.24) is 4.90 Å². The van der Waals surface area contributed by atoms with E-state index in [1.807, 2.05) is 6.07 Å². The highest BCUT2D eigenvalue weighted by Crippen LogP contribution is 2.53. The van der Waals surface area contributed by atoms with Gasteiger partial charge in [0.25, 0.3) is 0 Å². The third-order valence-corrected chi connectivity index (χ3v) is 7.24. The minimum absolute atomic E-state index is 0.0821. The summed E-state index contributed by atoms with van der Waals surface area (Å²) in [6, 6.07) is 11.4. The second-order valence-corrected chi connectivity index (χ2v) is 9.58. The zero-order valence-electron chi connectivity index (χ0n) is 19.3. The molecule has 0 aromatic heterocycles. The molecule has 1 aliphatic heterocycles. The first-order valence-corrected chi connectivity index (χ1v) is 12.1. The van der Waals surface area contributed by atoms with Crippen LogP contribution in [0.2, 0.25) is 0 Å². The molecule has 7 nitrogen and oxygen atoms in total. The Labute approximate surface area is 207 Å². The van der Waals surface area contributed by atoms with E-state index in [2.05, 4.69) is 32.9 Å². The van der Waals surface area contributed by atoms with E-state index < -0.39 is 0 Å². The number of amides is 1. The summed E-state index contributed by atoms with van der Waals surface area (Å²) in [5.41, 5.74) is 3.37. The van der Waals surface area contributed by atoms with Crippen LogP contribution in [0.4, 0.5) is 10.5 Å². The average Bonchev–Trinajstić information content (AvgIpc) is 3.12. The highest BCUT2D eigenvalue weighted by molar-refractivity contribution is 9.10. The molecule has 2 aromatic carbocycles. The number of likely N-dealkylation sites (tertiary alicyclic amines) is 1. The van der Waals surface area contributed by atoms with E-state index in [4.69, 9.17) is 20.8 Å². The summed E-state index contributed by atoms with van der Waals surface area (Å²) >= 11 is 3.59. The molecule has 1 heterocycles. The predicted molar refractivity (Wildman–Crippen MR) is 130 cm³/mol. The molecule has 1 aliphatic carbocycles. The molecular formula is C26H27BrN2O5. The van der Waals surface area contributed by atoms with Crippen LogP contribution in [-0.2, 0) is 26.1 Å². The van der Waals surface area contributed by atoms with Gasteiger partial charge in [-0.15, -0.1) is 0 Å². The molecule has 0 N–H and O–H groups in total. The lowest BCUT2D eigenvalue weighted by Crippen LogP contribution is -2.44. The second-order valence-electron chi connectivity index (χ2n) is 8.67. The first-order chi connectivity index (χ1) is 16.4. The molecule has 2 aliphatic rings. The summed E-state index contributed by atoms with van der Waals surface area (Å²) in [7, 11) is 1.41. The van der Waals surface area contributed by atoms with Crippen molar-refractivity contribution in [3.63, 3.8) is 0 Å². The number of nitrogens with zero attached hydrogens (tertiary/aromatic N) is 2. The number of piperidine rings is 1. The molecule has 8 heteroatoms. The molecule has 0 bridgehead atoms. The van der Waals surface area contributed by atoms with Gasteiger partial charge < -0.3 is 19.1 Å². The first kappa shape index (κ1) is 24.1. The van der Waals surface area contributed by atoms with Crippen LogP contribution in [0.1, 0.15) is 49.0 Å². The molecule has 0 saturated carbocycles. The largest absolute Gasteiger partial charge is 0.487 e. The van der Waals surface area contributed by atoms with Crippen LogP contribution in [0, 0.1) is 6.57 Å². The minimum atomic E-state index is -0.330.